The molecule has 0 aliphatic rings. The summed E-state index contributed by atoms with van der Waals surface area (Å²) < 4.78 is 29.2. The molecule has 0 radical (unpaired) electrons. The molecule has 2 rings (SSSR count). The van der Waals surface area contributed by atoms with Gasteiger partial charge in [0.2, 0.25) is 0 Å². The molecule has 0 aromatic heterocycles. The largest absolute Gasteiger partial charge is 0.396 e. The number of nitrogens with two attached hydrogens (primary N) is 1. The van der Waals surface area contributed by atoms with Crippen molar-refractivity contribution >= 4 is 16.7 Å². The zero-order valence-electron chi connectivity index (χ0n) is 12.3. The minimum absolute atomic E-state index is 0.102. The van der Waals surface area contributed by atoms with E-state index in [2.05, 4.69) is 4.72 Å². The van der Waals surface area contributed by atoms with Crippen LogP contribution in [0.1, 0.15) is 20.8 Å². The maximum absolute atomic E-state index is 13.7. The first-order chi connectivity index (χ1) is 9.78. The number of hydrogen-bond donors (Lipinski definition) is 2. The van der Waals surface area contributed by atoms with E-state index in [0.29, 0.717) is 10.5 Å². The summed E-state index contributed by atoms with van der Waals surface area (Å²) in [5.41, 5.74) is 6.70. The summed E-state index contributed by atoms with van der Waals surface area (Å²) in [6.07, 6.45) is 0. The minimum Gasteiger partial charge on any atom is -0.396 e. The van der Waals surface area contributed by atoms with E-state index in [0.717, 1.165) is 5.56 Å². The summed E-state index contributed by atoms with van der Waals surface area (Å²) in [6, 6.07) is 11.9. The van der Waals surface area contributed by atoms with Crippen LogP contribution in [0.15, 0.2) is 47.4 Å². The zero-order chi connectivity index (χ0) is 15.6. The zero-order valence-corrected chi connectivity index (χ0v) is 13.1. The summed E-state index contributed by atoms with van der Waals surface area (Å²) in [5, 5.41) is 0. The fraction of sp³-hybridized carbons (Fsp3) is 0.250. The first-order valence-corrected chi connectivity index (χ1v) is 7.77. The van der Waals surface area contributed by atoms with E-state index in [4.69, 9.17) is 5.73 Å². The summed E-state index contributed by atoms with van der Waals surface area (Å²) in [7, 11) is -1.38. The van der Waals surface area contributed by atoms with Crippen LogP contribution in [0.5, 0.6) is 0 Å². The van der Waals surface area contributed by atoms with Gasteiger partial charge < -0.3 is 5.73 Å². The van der Waals surface area contributed by atoms with Crippen molar-refractivity contribution in [3.63, 3.8) is 0 Å². The lowest BCUT2D eigenvalue weighted by Gasteiger charge is -2.20. The number of anilines is 1. The van der Waals surface area contributed by atoms with Crippen LogP contribution in [0.4, 0.5) is 10.1 Å². The molecule has 21 heavy (non-hydrogen) atoms. The van der Waals surface area contributed by atoms with Gasteiger partial charge >= 0.3 is 0 Å². The summed E-state index contributed by atoms with van der Waals surface area (Å²) in [5.74, 6) is -0.475. The second-order valence-electron chi connectivity index (χ2n) is 5.85. The Balaban J connectivity index is 2.46. The van der Waals surface area contributed by atoms with E-state index in [-0.39, 0.29) is 11.2 Å². The topological polar surface area (TPSA) is 55.1 Å². The van der Waals surface area contributed by atoms with Crippen LogP contribution in [0.3, 0.4) is 0 Å². The Morgan fingerprint density at radius 2 is 1.81 bits per heavy atom. The summed E-state index contributed by atoms with van der Waals surface area (Å²) in [4.78, 5) is 0.622. The molecule has 0 amide bonds. The monoisotopic (exact) mass is 306 g/mol. The Kier molecular flexibility index (Phi) is 4.44. The van der Waals surface area contributed by atoms with Crippen LogP contribution in [-0.2, 0) is 11.0 Å². The molecule has 1 atom stereocenters. The van der Waals surface area contributed by atoms with Crippen molar-refractivity contribution in [2.45, 2.75) is 31.2 Å². The molecule has 3 N–H and O–H groups in total. The third-order valence-corrected chi connectivity index (χ3v) is 4.35. The second kappa shape index (κ2) is 5.95. The maximum Gasteiger partial charge on any atom is 0.146 e. The highest BCUT2D eigenvalue weighted by Gasteiger charge is 2.18. The minimum atomic E-state index is -1.38. The van der Waals surface area contributed by atoms with Crippen LogP contribution in [0, 0.1) is 5.82 Å². The lowest BCUT2D eigenvalue weighted by molar-refractivity contribution is 0.520. The van der Waals surface area contributed by atoms with Gasteiger partial charge in [-0.25, -0.2) is 13.3 Å². The van der Waals surface area contributed by atoms with Crippen LogP contribution < -0.4 is 10.5 Å². The molecule has 0 fully saturated rings. The van der Waals surface area contributed by atoms with Crippen molar-refractivity contribution < 1.29 is 8.60 Å². The van der Waals surface area contributed by atoms with Crippen LogP contribution in [0.2, 0.25) is 0 Å². The fourth-order valence-corrected chi connectivity index (χ4v) is 3.15. The standard InChI is InChI=1S/C16H19FN2OS/c1-16(2,3)19-21(20)15-7-5-4-6-12(15)11-8-9-14(18)13(17)10-11/h4-10,19H,18H2,1-3H3. The highest BCUT2D eigenvalue weighted by molar-refractivity contribution is 7.83. The number of halogens is 1. The Bertz CT molecular complexity index is 680. The normalized spacial score (nSPS) is 13.1. The Morgan fingerprint density at radius 1 is 1.14 bits per heavy atom. The molecule has 0 bridgehead atoms. The van der Waals surface area contributed by atoms with Crippen molar-refractivity contribution in [1.82, 2.24) is 4.72 Å². The molecule has 0 aliphatic carbocycles. The first kappa shape index (κ1) is 15.7. The van der Waals surface area contributed by atoms with E-state index in [9.17, 15) is 8.60 Å². The average Bonchev–Trinajstić information content (AvgIpc) is 2.40. The molecule has 2 aromatic rings. The molecule has 0 spiro atoms. The number of rotatable bonds is 3. The molecular formula is C16H19FN2OS. The lowest BCUT2D eigenvalue weighted by Crippen LogP contribution is -2.37. The number of nitrogen functional groups attached to an aromatic ring is 1. The van der Waals surface area contributed by atoms with Gasteiger partial charge in [-0.15, -0.1) is 0 Å². The van der Waals surface area contributed by atoms with Crippen LogP contribution in [-0.4, -0.2) is 9.75 Å². The van der Waals surface area contributed by atoms with Crippen molar-refractivity contribution in [3.8, 4) is 11.1 Å². The predicted molar refractivity (Wildman–Crippen MR) is 85.5 cm³/mol. The van der Waals surface area contributed by atoms with Crippen molar-refractivity contribution in [1.29, 1.82) is 0 Å². The van der Waals surface area contributed by atoms with E-state index < -0.39 is 16.8 Å². The van der Waals surface area contributed by atoms with E-state index in [1.807, 2.05) is 39.0 Å². The predicted octanol–water partition coefficient (Wildman–Crippen LogP) is 3.49. The maximum atomic E-state index is 13.7. The first-order valence-electron chi connectivity index (χ1n) is 6.62. The fourth-order valence-electron chi connectivity index (χ4n) is 1.89. The molecule has 0 saturated carbocycles. The van der Waals surface area contributed by atoms with Gasteiger partial charge in [0, 0.05) is 5.54 Å². The smallest absolute Gasteiger partial charge is 0.146 e. The molecule has 2 aromatic carbocycles. The van der Waals surface area contributed by atoms with Gasteiger partial charge in [0.1, 0.15) is 16.8 Å². The van der Waals surface area contributed by atoms with Crippen molar-refractivity contribution in [3.05, 3.63) is 48.3 Å². The van der Waals surface area contributed by atoms with Crippen LogP contribution in [0.25, 0.3) is 11.1 Å². The van der Waals surface area contributed by atoms with E-state index >= 15 is 0 Å². The summed E-state index contributed by atoms with van der Waals surface area (Å²) in [6.45, 7) is 5.82. The molecule has 1 unspecified atom stereocenters. The number of hydrogen-bond acceptors (Lipinski definition) is 2. The third kappa shape index (κ3) is 3.89. The van der Waals surface area contributed by atoms with E-state index in [1.165, 1.54) is 12.1 Å². The molecule has 0 aliphatic heterocycles. The highest BCUT2D eigenvalue weighted by atomic mass is 32.2. The number of benzene rings is 2. The van der Waals surface area contributed by atoms with Gasteiger partial charge in [0.25, 0.3) is 0 Å². The van der Waals surface area contributed by atoms with Gasteiger partial charge in [-0.2, -0.15) is 0 Å². The van der Waals surface area contributed by atoms with Gasteiger partial charge in [-0.3, -0.25) is 0 Å². The van der Waals surface area contributed by atoms with Crippen molar-refractivity contribution in [2.24, 2.45) is 0 Å². The molecular weight excluding hydrogens is 287 g/mol. The highest BCUT2D eigenvalue weighted by Crippen LogP contribution is 2.28. The molecule has 0 saturated heterocycles. The van der Waals surface area contributed by atoms with Gasteiger partial charge in [-0.05, 0) is 50.1 Å². The van der Waals surface area contributed by atoms with E-state index in [1.54, 1.807) is 12.1 Å². The Morgan fingerprint density at radius 3 is 2.43 bits per heavy atom. The Hall–Kier alpha value is -1.72. The molecule has 5 heteroatoms. The lowest BCUT2D eigenvalue weighted by atomic mass is 10.1. The Labute approximate surface area is 127 Å². The van der Waals surface area contributed by atoms with Crippen LogP contribution >= 0.6 is 0 Å². The summed E-state index contributed by atoms with van der Waals surface area (Å²) >= 11 is 0. The van der Waals surface area contributed by atoms with Gasteiger partial charge in [-0.1, -0.05) is 24.3 Å². The molecule has 112 valence electrons. The quantitative estimate of drug-likeness (QED) is 0.853. The molecule has 0 heterocycles. The van der Waals surface area contributed by atoms with Crippen molar-refractivity contribution in [2.75, 3.05) is 5.73 Å². The SMILES string of the molecule is CC(C)(C)NS(=O)c1ccccc1-c1ccc(N)c(F)c1. The van der Waals surface area contributed by atoms with Gasteiger partial charge in [0.05, 0.1) is 10.6 Å². The second-order valence-corrected chi connectivity index (χ2v) is 7.03. The molecule has 3 nitrogen and oxygen atoms in total. The number of nitrogens with one attached hydrogen (secondary N) is 1. The van der Waals surface area contributed by atoms with Gasteiger partial charge in [0.15, 0.2) is 0 Å². The third-order valence-electron chi connectivity index (χ3n) is 2.80. The average molecular weight is 306 g/mol.